The van der Waals surface area contributed by atoms with Crippen molar-refractivity contribution in [1.29, 1.82) is 0 Å². The highest BCUT2D eigenvalue weighted by Gasteiger charge is 2.15. The summed E-state index contributed by atoms with van der Waals surface area (Å²) >= 11 is 18.4. The molecule has 7 heteroatoms. The minimum absolute atomic E-state index is 0.279. The van der Waals surface area contributed by atoms with Crippen LogP contribution in [0, 0.1) is 5.82 Å². The topological polar surface area (TPSA) is 29.1 Å². The predicted octanol–water partition coefficient (Wildman–Crippen LogP) is 5.91. The van der Waals surface area contributed by atoms with Gasteiger partial charge in [-0.3, -0.25) is 4.79 Å². The summed E-state index contributed by atoms with van der Waals surface area (Å²) in [5, 5.41) is 3.21. The molecule has 0 aromatic heterocycles. The van der Waals surface area contributed by atoms with E-state index in [0.29, 0.717) is 24.7 Å². The number of benzene rings is 2. The maximum atomic E-state index is 13.0. The largest absolute Gasteiger partial charge is 0.319 e. The quantitative estimate of drug-likeness (QED) is 0.616. The van der Waals surface area contributed by atoms with Crippen molar-refractivity contribution in [1.82, 2.24) is 0 Å². The Bertz CT molecular complexity index is 671. The molecule has 0 unspecified atom stereocenters. The molecule has 0 aliphatic heterocycles. The maximum Gasteiger partial charge on any atom is 0.256 e. The van der Waals surface area contributed by atoms with E-state index in [1.807, 2.05) is 0 Å². The van der Waals surface area contributed by atoms with Gasteiger partial charge in [0.1, 0.15) is 5.82 Å². The van der Waals surface area contributed by atoms with Gasteiger partial charge in [-0.15, -0.1) is 0 Å². The molecule has 0 bridgehead atoms. The van der Waals surface area contributed by atoms with Gasteiger partial charge in [0.25, 0.3) is 5.91 Å². The minimum Gasteiger partial charge on any atom is -0.319 e. The van der Waals surface area contributed by atoms with Crippen molar-refractivity contribution in [3.05, 3.63) is 60.7 Å². The van der Waals surface area contributed by atoms with Crippen LogP contribution >= 0.6 is 55.1 Å². The second-order valence-corrected chi connectivity index (χ2v) is 6.41. The van der Waals surface area contributed by atoms with Crippen LogP contribution in [0.3, 0.4) is 0 Å². The van der Waals surface area contributed by atoms with Crippen LogP contribution in [0.25, 0.3) is 0 Å². The minimum atomic E-state index is -0.442. The van der Waals surface area contributed by atoms with Gasteiger partial charge in [0, 0.05) is 8.95 Å². The first-order valence-electron chi connectivity index (χ1n) is 5.29. The monoisotopic (exact) mass is 439 g/mol. The lowest BCUT2D eigenvalue weighted by molar-refractivity contribution is 0.102. The first-order valence-corrected chi connectivity index (χ1v) is 7.63. The summed E-state index contributed by atoms with van der Waals surface area (Å²) in [5.74, 6) is -0.879. The molecule has 2 nitrogen and oxygen atoms in total. The molecule has 104 valence electrons. The molecule has 0 heterocycles. The number of rotatable bonds is 2. The lowest BCUT2D eigenvalue weighted by Gasteiger charge is -2.11. The van der Waals surface area contributed by atoms with Crippen LogP contribution in [0.4, 0.5) is 10.1 Å². The van der Waals surface area contributed by atoms with E-state index in [2.05, 4.69) is 37.2 Å². The van der Waals surface area contributed by atoms with Crippen molar-refractivity contribution < 1.29 is 9.18 Å². The second kappa shape index (κ2) is 6.43. The fraction of sp³-hybridized carbons (Fsp3) is 0. The van der Waals surface area contributed by atoms with Crippen LogP contribution in [-0.4, -0.2) is 5.91 Å². The molecular formula is C13H6Br2Cl2FNO. The molecule has 2 aromatic rings. The van der Waals surface area contributed by atoms with Gasteiger partial charge in [-0.05, 0) is 46.3 Å². The van der Waals surface area contributed by atoms with Gasteiger partial charge in [-0.2, -0.15) is 0 Å². The lowest BCUT2D eigenvalue weighted by Crippen LogP contribution is -2.13. The Balaban J connectivity index is 2.33. The SMILES string of the molecule is O=C(Nc1c(Cl)cc(Br)cc1Cl)c1ccc(F)cc1Br. The smallest absolute Gasteiger partial charge is 0.256 e. The van der Waals surface area contributed by atoms with Crippen LogP contribution in [0.2, 0.25) is 10.0 Å². The summed E-state index contributed by atoms with van der Waals surface area (Å²) in [5.41, 5.74) is 0.583. The molecule has 1 amide bonds. The molecule has 0 fully saturated rings. The van der Waals surface area contributed by atoms with E-state index in [4.69, 9.17) is 23.2 Å². The van der Waals surface area contributed by atoms with Gasteiger partial charge >= 0.3 is 0 Å². The van der Waals surface area contributed by atoms with Crippen molar-refractivity contribution in [2.45, 2.75) is 0 Å². The standard InChI is InChI=1S/C13H6Br2Cl2FNO/c14-6-3-10(16)12(11(17)4-6)19-13(20)8-2-1-7(18)5-9(8)15/h1-5H,(H,19,20). The van der Waals surface area contributed by atoms with Gasteiger partial charge in [-0.25, -0.2) is 4.39 Å². The first kappa shape index (κ1) is 15.8. The van der Waals surface area contributed by atoms with E-state index in [9.17, 15) is 9.18 Å². The van der Waals surface area contributed by atoms with E-state index in [0.717, 1.165) is 0 Å². The van der Waals surface area contributed by atoms with Crippen molar-refractivity contribution in [2.24, 2.45) is 0 Å². The van der Waals surface area contributed by atoms with Crippen molar-refractivity contribution in [3.63, 3.8) is 0 Å². The zero-order valence-corrected chi connectivity index (χ0v) is 14.4. The van der Waals surface area contributed by atoms with Crippen LogP contribution < -0.4 is 5.32 Å². The number of anilines is 1. The molecule has 0 radical (unpaired) electrons. The normalized spacial score (nSPS) is 10.4. The van der Waals surface area contributed by atoms with Crippen LogP contribution in [0.1, 0.15) is 10.4 Å². The van der Waals surface area contributed by atoms with Crippen LogP contribution in [-0.2, 0) is 0 Å². The van der Waals surface area contributed by atoms with E-state index < -0.39 is 11.7 Å². The van der Waals surface area contributed by atoms with Crippen LogP contribution in [0.15, 0.2) is 39.3 Å². The van der Waals surface area contributed by atoms with E-state index in [1.54, 1.807) is 12.1 Å². The molecule has 0 saturated heterocycles. The summed E-state index contributed by atoms with van der Waals surface area (Å²) < 4.78 is 14.1. The number of hydrogen-bond donors (Lipinski definition) is 1. The van der Waals surface area contributed by atoms with E-state index in [-0.39, 0.29) is 5.56 Å². The Morgan fingerprint density at radius 2 is 1.70 bits per heavy atom. The molecular weight excluding hydrogens is 436 g/mol. The Labute approximate surface area is 141 Å². The summed E-state index contributed by atoms with van der Waals surface area (Å²) in [7, 11) is 0. The van der Waals surface area contributed by atoms with Gasteiger partial charge < -0.3 is 5.32 Å². The summed E-state index contributed by atoms with van der Waals surface area (Å²) in [6.07, 6.45) is 0. The Morgan fingerprint density at radius 3 is 2.25 bits per heavy atom. The highest BCUT2D eigenvalue weighted by molar-refractivity contribution is 9.10. The van der Waals surface area contributed by atoms with Crippen molar-refractivity contribution in [2.75, 3.05) is 5.32 Å². The van der Waals surface area contributed by atoms with Crippen molar-refractivity contribution in [3.8, 4) is 0 Å². The number of carbonyl (C=O) groups excluding carboxylic acids is 1. The molecule has 0 spiro atoms. The number of halogens is 5. The third-order valence-corrected chi connectivity index (χ3v) is 4.13. The second-order valence-electron chi connectivity index (χ2n) is 3.82. The highest BCUT2D eigenvalue weighted by atomic mass is 79.9. The third-order valence-electron chi connectivity index (χ3n) is 2.42. The molecule has 0 aliphatic carbocycles. The average molecular weight is 442 g/mol. The Kier molecular flexibility index (Phi) is 5.07. The lowest BCUT2D eigenvalue weighted by atomic mass is 10.2. The molecule has 0 saturated carbocycles. The molecule has 0 aliphatic rings. The fourth-order valence-corrected chi connectivity index (χ4v) is 3.35. The predicted molar refractivity (Wildman–Crippen MR) is 86.2 cm³/mol. The molecule has 2 aromatic carbocycles. The van der Waals surface area contributed by atoms with Gasteiger partial charge in [0.05, 0.1) is 21.3 Å². The molecule has 2 rings (SSSR count). The van der Waals surface area contributed by atoms with Gasteiger partial charge in [0.2, 0.25) is 0 Å². The third kappa shape index (κ3) is 3.52. The summed E-state index contributed by atoms with van der Waals surface area (Å²) in [4.78, 5) is 12.1. The van der Waals surface area contributed by atoms with Crippen molar-refractivity contribution >= 4 is 66.7 Å². The number of hydrogen-bond acceptors (Lipinski definition) is 1. The Morgan fingerprint density at radius 1 is 1.10 bits per heavy atom. The van der Waals surface area contributed by atoms with E-state index >= 15 is 0 Å². The van der Waals surface area contributed by atoms with Gasteiger partial charge in [-0.1, -0.05) is 39.1 Å². The number of nitrogens with one attached hydrogen (secondary N) is 1. The maximum absolute atomic E-state index is 13.0. The highest BCUT2D eigenvalue weighted by Crippen LogP contribution is 2.34. The molecule has 20 heavy (non-hydrogen) atoms. The summed E-state index contributed by atoms with van der Waals surface area (Å²) in [6, 6.07) is 7.01. The number of amides is 1. The first-order chi connectivity index (χ1) is 9.38. The molecule has 1 N–H and O–H groups in total. The van der Waals surface area contributed by atoms with Crippen LogP contribution in [0.5, 0.6) is 0 Å². The fourth-order valence-electron chi connectivity index (χ4n) is 1.52. The molecule has 0 atom stereocenters. The zero-order valence-electron chi connectivity index (χ0n) is 9.68. The number of carbonyl (C=O) groups is 1. The zero-order chi connectivity index (χ0) is 14.9. The Hall–Kier alpha value is -0.620. The average Bonchev–Trinajstić information content (AvgIpc) is 2.33. The summed E-state index contributed by atoms with van der Waals surface area (Å²) in [6.45, 7) is 0. The van der Waals surface area contributed by atoms with E-state index in [1.165, 1.54) is 18.2 Å². The van der Waals surface area contributed by atoms with Gasteiger partial charge in [0.15, 0.2) is 0 Å².